The van der Waals surface area contributed by atoms with E-state index < -0.39 is 0 Å². The third-order valence-corrected chi connectivity index (χ3v) is 15.1. The predicted molar refractivity (Wildman–Crippen MR) is 176 cm³/mol. The summed E-state index contributed by atoms with van der Waals surface area (Å²) in [6.45, 7) is 21.8. The quantitative estimate of drug-likeness (QED) is 0.187. The second-order valence-corrected chi connectivity index (χ2v) is 17.2. The molecule has 1 aromatic rings. The summed E-state index contributed by atoms with van der Waals surface area (Å²) in [6.07, 6.45) is 17.7. The van der Waals surface area contributed by atoms with Crippen molar-refractivity contribution in [1.29, 1.82) is 0 Å². The van der Waals surface area contributed by atoms with Gasteiger partial charge in [-0.15, -0.1) is 0 Å². The fraction of sp³-hybridized carbons (Fsp3) is 0.725. The summed E-state index contributed by atoms with van der Waals surface area (Å²) in [6, 6.07) is 6.90. The Labute approximate surface area is 262 Å². The molecule has 1 aromatic carbocycles. The molecular weight excluding hydrogens is 528 g/mol. The number of fused-ring (bicyclic) bond motifs is 2. The Balaban J connectivity index is 1.15. The zero-order chi connectivity index (χ0) is 31.0. The van der Waals surface area contributed by atoms with Crippen LogP contribution in [0.15, 0.2) is 42.5 Å². The largest absolute Gasteiger partial charge is 0.508 e. The van der Waals surface area contributed by atoms with Crippen LogP contribution in [0, 0.1) is 56.7 Å². The first-order valence-corrected chi connectivity index (χ1v) is 17.6. The van der Waals surface area contributed by atoms with E-state index in [4.69, 9.17) is 4.74 Å². The van der Waals surface area contributed by atoms with Gasteiger partial charge >= 0.3 is 5.97 Å². The van der Waals surface area contributed by atoms with Crippen LogP contribution in [0.25, 0.3) is 6.08 Å². The summed E-state index contributed by atoms with van der Waals surface area (Å²) in [7, 11) is 0. The third-order valence-electron chi connectivity index (χ3n) is 15.1. The maximum atomic E-state index is 13.0. The summed E-state index contributed by atoms with van der Waals surface area (Å²) in [4.78, 5) is 13.0. The van der Waals surface area contributed by atoms with E-state index >= 15 is 0 Å². The van der Waals surface area contributed by atoms with Crippen molar-refractivity contribution in [2.24, 2.45) is 56.7 Å². The number of phenolic OH excluding ortho intramolecular Hbond substituents is 1. The second kappa shape index (κ2) is 10.5. The highest BCUT2D eigenvalue weighted by Crippen LogP contribution is 2.89. The molecule has 6 rings (SSSR count). The Hall–Kier alpha value is -2.03. The van der Waals surface area contributed by atoms with Crippen molar-refractivity contribution in [2.75, 3.05) is 0 Å². The lowest BCUT2D eigenvalue weighted by Crippen LogP contribution is -2.58. The average Bonchev–Trinajstić information content (AvgIpc) is 3.54. The van der Waals surface area contributed by atoms with Gasteiger partial charge in [0.2, 0.25) is 0 Å². The number of carbonyl (C=O) groups is 1. The van der Waals surface area contributed by atoms with E-state index in [0.717, 1.165) is 29.7 Å². The van der Waals surface area contributed by atoms with Gasteiger partial charge in [0.15, 0.2) is 0 Å². The molecule has 9 unspecified atom stereocenters. The second-order valence-electron chi connectivity index (χ2n) is 17.2. The number of hydrogen-bond donors (Lipinski definition) is 1. The van der Waals surface area contributed by atoms with Gasteiger partial charge in [-0.1, -0.05) is 72.8 Å². The highest BCUT2D eigenvalue weighted by molar-refractivity contribution is 5.87. The van der Waals surface area contributed by atoms with Gasteiger partial charge < -0.3 is 9.84 Å². The lowest BCUT2D eigenvalue weighted by molar-refractivity contribution is -0.179. The van der Waals surface area contributed by atoms with E-state index in [1.54, 1.807) is 24.3 Å². The van der Waals surface area contributed by atoms with Crippen molar-refractivity contribution in [3.63, 3.8) is 0 Å². The van der Waals surface area contributed by atoms with Crippen molar-refractivity contribution >= 4 is 12.0 Å². The Kier molecular flexibility index (Phi) is 7.58. The summed E-state index contributed by atoms with van der Waals surface area (Å²) in [5.41, 5.74) is 4.16. The van der Waals surface area contributed by atoms with Gasteiger partial charge in [-0.05, 0) is 146 Å². The number of allylic oxidation sites excluding steroid dienone is 1. The maximum Gasteiger partial charge on any atom is 0.331 e. The first kappa shape index (κ1) is 31.0. The van der Waals surface area contributed by atoms with Crippen LogP contribution in [0.2, 0.25) is 0 Å². The molecule has 0 aliphatic heterocycles. The summed E-state index contributed by atoms with van der Waals surface area (Å²) in [5.74, 6) is 3.67. The van der Waals surface area contributed by atoms with E-state index in [-0.39, 0.29) is 23.2 Å². The van der Waals surface area contributed by atoms with Crippen LogP contribution < -0.4 is 0 Å². The van der Waals surface area contributed by atoms with E-state index in [1.807, 2.05) is 12.1 Å². The highest BCUT2D eigenvalue weighted by atomic mass is 16.5. The molecule has 5 aliphatic rings. The van der Waals surface area contributed by atoms with Gasteiger partial charge in [-0.25, -0.2) is 4.79 Å². The molecule has 236 valence electrons. The summed E-state index contributed by atoms with van der Waals surface area (Å²) >= 11 is 0. The van der Waals surface area contributed by atoms with Crippen molar-refractivity contribution in [1.82, 2.24) is 0 Å². The highest BCUT2D eigenvalue weighted by Gasteiger charge is 2.82. The van der Waals surface area contributed by atoms with Crippen molar-refractivity contribution in [3.8, 4) is 5.75 Å². The van der Waals surface area contributed by atoms with Crippen molar-refractivity contribution in [3.05, 3.63) is 48.1 Å². The standard InChI is InChI=1S/C40H58O3/c1-26(2)27(3)9-10-28(4)31-19-21-38(8)33-17-16-32-36(5,6)34(43-35(42)18-13-29-11-14-30(41)15-12-29)20-22-39(32)25-40(33,39)24-23-37(31,38)7/h11-15,18,26,28,31-34,41H,3,9-10,16-17,19-25H2,1-2,4-8H3. The van der Waals surface area contributed by atoms with Crippen LogP contribution in [-0.4, -0.2) is 17.2 Å². The average molecular weight is 587 g/mol. The number of carbonyl (C=O) groups excluding carboxylic acids is 1. The SMILES string of the molecule is C=C(CCC(C)C1CCC2(C)C3CCC4C(C)(C)C(OC(=O)C=Cc5ccc(O)cc5)CCC45CC35CCC12C)C(C)C. The number of phenols is 1. The first-order chi connectivity index (χ1) is 20.2. The van der Waals surface area contributed by atoms with Crippen molar-refractivity contribution in [2.45, 2.75) is 125 Å². The lowest BCUT2D eigenvalue weighted by atomic mass is 9.41. The summed E-state index contributed by atoms with van der Waals surface area (Å²) in [5, 5.41) is 9.54. The Morgan fingerprint density at radius 1 is 0.930 bits per heavy atom. The number of esters is 1. The minimum absolute atomic E-state index is 0.0120. The van der Waals surface area contributed by atoms with E-state index in [0.29, 0.717) is 33.5 Å². The number of aromatic hydroxyl groups is 1. The molecule has 0 aromatic heterocycles. The molecule has 0 amide bonds. The van der Waals surface area contributed by atoms with Crippen LogP contribution in [0.4, 0.5) is 0 Å². The van der Waals surface area contributed by atoms with Gasteiger partial charge in [0.05, 0.1) is 0 Å². The topological polar surface area (TPSA) is 46.5 Å². The van der Waals surface area contributed by atoms with E-state index in [1.165, 1.54) is 69.8 Å². The van der Waals surface area contributed by atoms with Crippen LogP contribution >= 0.6 is 0 Å². The van der Waals surface area contributed by atoms with Crippen LogP contribution in [0.5, 0.6) is 5.75 Å². The Morgan fingerprint density at radius 3 is 2.30 bits per heavy atom. The molecule has 5 fully saturated rings. The van der Waals surface area contributed by atoms with Gasteiger partial charge in [-0.3, -0.25) is 0 Å². The fourth-order valence-electron chi connectivity index (χ4n) is 12.3. The van der Waals surface area contributed by atoms with Gasteiger partial charge in [0, 0.05) is 11.5 Å². The molecule has 9 atom stereocenters. The third kappa shape index (κ3) is 4.60. The zero-order valence-electron chi connectivity index (χ0n) is 28.2. The summed E-state index contributed by atoms with van der Waals surface area (Å²) < 4.78 is 6.22. The number of hydrogen-bond acceptors (Lipinski definition) is 3. The minimum Gasteiger partial charge on any atom is -0.508 e. The molecule has 43 heavy (non-hydrogen) atoms. The van der Waals surface area contributed by atoms with Gasteiger partial charge in [-0.2, -0.15) is 0 Å². The molecule has 0 saturated heterocycles. The zero-order valence-corrected chi connectivity index (χ0v) is 28.2. The monoisotopic (exact) mass is 586 g/mol. The molecule has 0 heterocycles. The van der Waals surface area contributed by atoms with E-state index in [9.17, 15) is 9.90 Å². The van der Waals surface area contributed by atoms with Crippen molar-refractivity contribution < 1.29 is 14.6 Å². The smallest absolute Gasteiger partial charge is 0.331 e. The van der Waals surface area contributed by atoms with Crippen LogP contribution in [0.3, 0.4) is 0 Å². The predicted octanol–water partition coefficient (Wildman–Crippen LogP) is 10.4. The number of rotatable bonds is 8. The molecule has 5 saturated carbocycles. The fourth-order valence-corrected chi connectivity index (χ4v) is 12.3. The molecule has 2 spiro atoms. The normalized spacial score (nSPS) is 41.6. The Morgan fingerprint density at radius 2 is 1.60 bits per heavy atom. The van der Waals surface area contributed by atoms with Crippen LogP contribution in [-0.2, 0) is 9.53 Å². The number of ether oxygens (including phenoxy) is 1. The Bertz CT molecular complexity index is 1270. The first-order valence-electron chi connectivity index (χ1n) is 17.6. The molecular formula is C40H58O3. The lowest BCUT2D eigenvalue weighted by Gasteiger charge is -2.63. The molecule has 5 aliphatic carbocycles. The van der Waals surface area contributed by atoms with E-state index in [2.05, 4.69) is 55.0 Å². The van der Waals surface area contributed by atoms with Gasteiger partial charge in [0.25, 0.3) is 0 Å². The molecule has 1 N–H and O–H groups in total. The molecule has 3 nitrogen and oxygen atoms in total. The number of benzene rings is 1. The van der Waals surface area contributed by atoms with Crippen LogP contribution in [0.1, 0.15) is 125 Å². The van der Waals surface area contributed by atoms with Gasteiger partial charge in [0.1, 0.15) is 11.9 Å². The minimum atomic E-state index is -0.245. The maximum absolute atomic E-state index is 13.0. The molecule has 0 bridgehead atoms. The molecule has 3 heteroatoms. The molecule has 0 radical (unpaired) electrons.